The maximum absolute atomic E-state index is 11.8. The van der Waals surface area contributed by atoms with Gasteiger partial charge >= 0.3 is 0 Å². The molecule has 0 aliphatic rings. The van der Waals surface area contributed by atoms with Crippen LogP contribution in [0.1, 0.15) is 32.6 Å². The molecule has 170 valence electrons. The van der Waals surface area contributed by atoms with Crippen molar-refractivity contribution in [1.82, 2.24) is 14.8 Å². The summed E-state index contributed by atoms with van der Waals surface area (Å²) < 4.78 is 7.76. The summed E-state index contributed by atoms with van der Waals surface area (Å²) in [5.74, 6) is 1.16. The summed E-state index contributed by atoms with van der Waals surface area (Å²) in [6, 6.07) is 19.5. The Balaban J connectivity index is 1.42. The van der Waals surface area contributed by atoms with Crippen LogP contribution in [0.25, 0.3) is 5.69 Å². The Labute approximate surface area is 198 Å². The van der Waals surface area contributed by atoms with Gasteiger partial charge in [-0.1, -0.05) is 12.1 Å². The summed E-state index contributed by atoms with van der Waals surface area (Å²) in [5.41, 5.74) is 5.31. The van der Waals surface area contributed by atoms with Crippen molar-refractivity contribution < 1.29 is 9.53 Å². The number of nitrogens with zero attached hydrogens (tertiary/aromatic N) is 5. The number of anilines is 1. The Hall–Kier alpha value is -4.44. The molecule has 0 N–H and O–H groups in total. The third-order valence-corrected chi connectivity index (χ3v) is 5.65. The van der Waals surface area contributed by atoms with Crippen molar-refractivity contribution >= 4 is 12.1 Å². The van der Waals surface area contributed by atoms with E-state index in [-0.39, 0.29) is 0 Å². The van der Waals surface area contributed by atoms with E-state index in [0.717, 1.165) is 28.7 Å². The quantitative estimate of drug-likeness (QED) is 0.352. The van der Waals surface area contributed by atoms with E-state index in [1.54, 1.807) is 24.5 Å². The number of hydrogen-bond acceptors (Lipinski definition) is 6. The number of hydrogen-bond donors (Lipinski definition) is 0. The van der Waals surface area contributed by atoms with Gasteiger partial charge in [0.1, 0.15) is 24.2 Å². The summed E-state index contributed by atoms with van der Waals surface area (Å²) in [7, 11) is 1.86. The number of pyridine rings is 1. The smallest absolute Gasteiger partial charge is 0.153 e. The van der Waals surface area contributed by atoms with Gasteiger partial charge in [0.15, 0.2) is 6.29 Å². The Morgan fingerprint density at radius 1 is 1.15 bits per heavy atom. The number of likely N-dealkylation sites (N-methyl/N-ethyl adjacent to an activating group) is 1. The minimum Gasteiger partial charge on any atom is -0.491 e. The van der Waals surface area contributed by atoms with Crippen molar-refractivity contribution in [2.45, 2.75) is 13.3 Å². The highest BCUT2D eigenvalue weighted by Gasteiger charge is 2.12. The molecule has 0 atom stereocenters. The average Bonchev–Trinajstić information content (AvgIpc) is 3.41. The van der Waals surface area contributed by atoms with Gasteiger partial charge in [0.2, 0.25) is 0 Å². The number of carbonyl (C=O) groups excluding carboxylic acids is 1. The number of nitriles is 1. The van der Waals surface area contributed by atoms with Crippen molar-refractivity contribution in [3.63, 3.8) is 0 Å². The minimum atomic E-state index is 0.354. The second-order valence-electron chi connectivity index (χ2n) is 7.98. The highest BCUT2D eigenvalue weighted by molar-refractivity contribution is 5.80. The van der Waals surface area contributed by atoms with E-state index < -0.39 is 0 Å². The number of aldehydes is 1. The second kappa shape index (κ2) is 10.5. The molecular formula is C27H25N5O2. The standard InChI is InChI=1S/C27H25N5O2/c1-20-15-26(34-14-13-31(2)27-22(18-28)5-3-10-29-27)24(19-33)17-23(20)16-21-6-8-25(9-7-21)32-12-4-11-30-32/h3-12,15,17,19H,13-14,16H2,1-2H3. The third kappa shape index (κ3) is 5.13. The van der Waals surface area contributed by atoms with Crippen LogP contribution in [0, 0.1) is 18.3 Å². The zero-order valence-electron chi connectivity index (χ0n) is 19.2. The molecule has 34 heavy (non-hydrogen) atoms. The Morgan fingerprint density at radius 3 is 2.68 bits per heavy atom. The van der Waals surface area contributed by atoms with Crippen LogP contribution in [0.2, 0.25) is 0 Å². The van der Waals surface area contributed by atoms with E-state index in [1.807, 2.05) is 60.1 Å². The fourth-order valence-electron chi connectivity index (χ4n) is 3.75. The molecule has 4 rings (SSSR count). The van der Waals surface area contributed by atoms with Crippen molar-refractivity contribution in [1.29, 1.82) is 5.26 Å². The number of aryl methyl sites for hydroxylation is 1. The molecule has 0 radical (unpaired) electrons. The van der Waals surface area contributed by atoms with Crippen molar-refractivity contribution in [3.8, 4) is 17.5 Å². The van der Waals surface area contributed by atoms with Crippen LogP contribution >= 0.6 is 0 Å². The van der Waals surface area contributed by atoms with Crippen LogP contribution in [0.5, 0.6) is 5.75 Å². The summed E-state index contributed by atoms with van der Waals surface area (Å²) in [6.07, 6.45) is 6.86. The normalized spacial score (nSPS) is 10.5. The van der Waals surface area contributed by atoms with E-state index >= 15 is 0 Å². The lowest BCUT2D eigenvalue weighted by Crippen LogP contribution is -2.25. The fraction of sp³-hybridized carbons (Fsp3) is 0.185. The molecule has 2 heterocycles. The van der Waals surface area contributed by atoms with Crippen LogP contribution in [-0.2, 0) is 6.42 Å². The molecule has 0 fully saturated rings. The highest BCUT2D eigenvalue weighted by Crippen LogP contribution is 2.25. The molecule has 0 amide bonds. The lowest BCUT2D eigenvalue weighted by Gasteiger charge is -2.20. The molecule has 0 spiro atoms. The molecule has 0 aliphatic carbocycles. The van der Waals surface area contributed by atoms with Crippen LogP contribution in [-0.4, -0.2) is 41.2 Å². The number of rotatable bonds is 9. The fourth-order valence-corrected chi connectivity index (χ4v) is 3.75. The molecule has 4 aromatic rings. The predicted octanol–water partition coefficient (Wildman–Crippen LogP) is 4.37. The number of ether oxygens (including phenoxy) is 1. The largest absolute Gasteiger partial charge is 0.491 e. The van der Waals surface area contributed by atoms with Crippen LogP contribution < -0.4 is 9.64 Å². The molecule has 0 saturated carbocycles. The average molecular weight is 452 g/mol. The first-order valence-corrected chi connectivity index (χ1v) is 11.0. The number of carbonyl (C=O) groups is 1. The predicted molar refractivity (Wildman–Crippen MR) is 131 cm³/mol. The molecule has 7 nitrogen and oxygen atoms in total. The number of aromatic nitrogens is 3. The molecule has 0 bridgehead atoms. The topological polar surface area (TPSA) is 84.0 Å². The van der Waals surface area contributed by atoms with Gasteiger partial charge in [0.05, 0.1) is 23.4 Å². The summed E-state index contributed by atoms with van der Waals surface area (Å²) in [6.45, 7) is 2.90. The van der Waals surface area contributed by atoms with E-state index in [4.69, 9.17) is 4.74 Å². The molecular weight excluding hydrogens is 426 g/mol. The molecule has 2 aromatic heterocycles. The van der Waals surface area contributed by atoms with Gasteiger partial charge in [-0.3, -0.25) is 4.79 Å². The van der Waals surface area contributed by atoms with Gasteiger partial charge in [-0.2, -0.15) is 10.4 Å². The van der Waals surface area contributed by atoms with Crippen LogP contribution in [0.4, 0.5) is 5.82 Å². The minimum absolute atomic E-state index is 0.354. The maximum Gasteiger partial charge on any atom is 0.153 e. The molecule has 0 saturated heterocycles. The van der Waals surface area contributed by atoms with E-state index in [0.29, 0.717) is 42.3 Å². The molecule has 0 aliphatic heterocycles. The van der Waals surface area contributed by atoms with Crippen molar-refractivity contribution in [2.75, 3.05) is 25.1 Å². The number of benzene rings is 2. The monoisotopic (exact) mass is 451 g/mol. The zero-order valence-corrected chi connectivity index (χ0v) is 19.2. The van der Waals surface area contributed by atoms with Gasteiger partial charge in [-0.15, -0.1) is 0 Å². The zero-order chi connectivity index (χ0) is 23.9. The summed E-state index contributed by atoms with van der Waals surface area (Å²) in [4.78, 5) is 17.9. The van der Waals surface area contributed by atoms with Crippen molar-refractivity contribution in [3.05, 3.63) is 101 Å². The van der Waals surface area contributed by atoms with Crippen molar-refractivity contribution in [2.24, 2.45) is 0 Å². The lowest BCUT2D eigenvalue weighted by molar-refractivity contribution is 0.111. The Kier molecular flexibility index (Phi) is 6.99. The Morgan fingerprint density at radius 2 is 1.97 bits per heavy atom. The van der Waals surface area contributed by atoms with Gasteiger partial charge in [0.25, 0.3) is 0 Å². The first kappa shape index (κ1) is 22.7. The third-order valence-electron chi connectivity index (χ3n) is 5.65. The molecule has 0 unspecified atom stereocenters. The van der Waals surface area contributed by atoms with Crippen LogP contribution in [0.15, 0.2) is 73.2 Å². The summed E-state index contributed by atoms with van der Waals surface area (Å²) >= 11 is 0. The van der Waals surface area contributed by atoms with Gasteiger partial charge in [-0.25, -0.2) is 9.67 Å². The summed E-state index contributed by atoms with van der Waals surface area (Å²) in [5, 5.41) is 13.5. The van der Waals surface area contributed by atoms with E-state index in [2.05, 4.69) is 28.3 Å². The van der Waals surface area contributed by atoms with E-state index in [9.17, 15) is 10.1 Å². The van der Waals surface area contributed by atoms with Gasteiger partial charge in [0, 0.05) is 25.6 Å². The molecule has 2 aromatic carbocycles. The highest BCUT2D eigenvalue weighted by atomic mass is 16.5. The molecule has 7 heteroatoms. The maximum atomic E-state index is 11.8. The SMILES string of the molecule is Cc1cc(OCCN(C)c2ncccc2C#N)c(C=O)cc1Cc1ccc(-n2cccn2)cc1. The first-order valence-electron chi connectivity index (χ1n) is 11.0. The van der Waals surface area contributed by atoms with Gasteiger partial charge < -0.3 is 9.64 Å². The lowest BCUT2D eigenvalue weighted by atomic mass is 9.97. The van der Waals surface area contributed by atoms with Crippen LogP contribution in [0.3, 0.4) is 0 Å². The second-order valence-corrected chi connectivity index (χ2v) is 7.98. The van der Waals surface area contributed by atoms with E-state index in [1.165, 1.54) is 0 Å². The Bertz CT molecular complexity index is 1310. The first-order chi connectivity index (χ1) is 16.6. The van der Waals surface area contributed by atoms with Gasteiger partial charge in [-0.05, 0) is 72.5 Å².